The minimum Gasteiger partial charge on any atom is -0.374 e. The number of nitriles is 1. The second-order valence-electron chi connectivity index (χ2n) is 4.44. The first-order valence-electron chi connectivity index (χ1n) is 6.12. The summed E-state index contributed by atoms with van der Waals surface area (Å²) >= 11 is 1.47. The number of alkyl halides is 3. The molecule has 0 saturated heterocycles. The fourth-order valence-electron chi connectivity index (χ4n) is 1.93. The van der Waals surface area contributed by atoms with E-state index in [1.807, 2.05) is 5.38 Å². The monoisotopic (exact) mass is 311 g/mol. The van der Waals surface area contributed by atoms with E-state index in [2.05, 4.69) is 4.98 Å². The summed E-state index contributed by atoms with van der Waals surface area (Å²) in [5.41, 5.74) is -0.722. The van der Waals surface area contributed by atoms with E-state index in [0.29, 0.717) is 13.0 Å². The third-order valence-corrected chi connectivity index (χ3v) is 3.83. The van der Waals surface area contributed by atoms with Crippen LogP contribution in [-0.4, -0.2) is 18.6 Å². The SMILES string of the molecule is CN(CCc1nccs1)c1ccc(C#N)cc1C(F)(F)F. The second kappa shape index (κ2) is 6.14. The number of benzene rings is 1. The van der Waals surface area contributed by atoms with E-state index >= 15 is 0 Å². The Balaban J connectivity index is 2.23. The molecule has 0 bridgehead atoms. The van der Waals surface area contributed by atoms with Gasteiger partial charge in [-0.15, -0.1) is 11.3 Å². The van der Waals surface area contributed by atoms with Gasteiger partial charge in [0, 0.05) is 37.3 Å². The smallest absolute Gasteiger partial charge is 0.374 e. The van der Waals surface area contributed by atoms with Gasteiger partial charge >= 0.3 is 6.18 Å². The minimum atomic E-state index is -4.49. The van der Waals surface area contributed by atoms with Crippen LogP contribution in [0, 0.1) is 11.3 Å². The van der Waals surface area contributed by atoms with Crippen LogP contribution in [0.3, 0.4) is 0 Å². The molecule has 0 aliphatic carbocycles. The third-order valence-electron chi connectivity index (χ3n) is 2.99. The summed E-state index contributed by atoms with van der Waals surface area (Å²) < 4.78 is 39.3. The van der Waals surface area contributed by atoms with Gasteiger partial charge in [0.1, 0.15) is 0 Å². The molecule has 3 nitrogen and oxygen atoms in total. The molecule has 110 valence electrons. The molecule has 0 unspecified atom stereocenters. The topological polar surface area (TPSA) is 39.9 Å². The standard InChI is InChI=1S/C14H12F3N3S/c1-20(6-4-13-19-5-7-21-13)12-3-2-10(9-18)8-11(12)14(15,16)17/h2-3,5,7-8H,4,6H2,1H3. The maximum absolute atomic E-state index is 13.1. The van der Waals surface area contributed by atoms with Crippen molar-refractivity contribution in [2.45, 2.75) is 12.6 Å². The molecule has 2 rings (SSSR count). The zero-order valence-electron chi connectivity index (χ0n) is 11.2. The van der Waals surface area contributed by atoms with E-state index in [-0.39, 0.29) is 11.3 Å². The number of thiazole rings is 1. The number of anilines is 1. The van der Waals surface area contributed by atoms with E-state index in [1.165, 1.54) is 28.4 Å². The number of halogens is 3. The predicted molar refractivity (Wildman–Crippen MR) is 75.2 cm³/mol. The van der Waals surface area contributed by atoms with Crippen molar-refractivity contribution in [1.82, 2.24) is 4.98 Å². The lowest BCUT2D eigenvalue weighted by molar-refractivity contribution is -0.137. The fraction of sp³-hybridized carbons (Fsp3) is 0.286. The summed E-state index contributed by atoms with van der Waals surface area (Å²) in [4.78, 5) is 5.64. The Bertz CT molecular complexity index is 644. The van der Waals surface area contributed by atoms with Gasteiger partial charge in [-0.25, -0.2) is 4.98 Å². The average molecular weight is 311 g/mol. The lowest BCUT2D eigenvalue weighted by Gasteiger charge is -2.23. The maximum Gasteiger partial charge on any atom is 0.418 e. The van der Waals surface area contributed by atoms with Crippen molar-refractivity contribution in [3.63, 3.8) is 0 Å². The number of rotatable bonds is 4. The summed E-state index contributed by atoms with van der Waals surface area (Å²) in [5, 5.41) is 11.5. The van der Waals surface area contributed by atoms with Crippen LogP contribution in [0.1, 0.15) is 16.1 Å². The lowest BCUT2D eigenvalue weighted by atomic mass is 10.1. The van der Waals surface area contributed by atoms with E-state index in [4.69, 9.17) is 5.26 Å². The second-order valence-corrected chi connectivity index (χ2v) is 5.42. The molecule has 0 aliphatic rings. The quantitative estimate of drug-likeness (QED) is 0.864. The number of hydrogen-bond donors (Lipinski definition) is 0. The Hall–Kier alpha value is -2.07. The molecule has 0 N–H and O–H groups in total. The van der Waals surface area contributed by atoms with Crippen LogP contribution in [0.25, 0.3) is 0 Å². The molecule has 0 fully saturated rings. The van der Waals surface area contributed by atoms with Gasteiger partial charge in [-0.05, 0) is 18.2 Å². The molecule has 21 heavy (non-hydrogen) atoms. The number of aromatic nitrogens is 1. The Morgan fingerprint density at radius 2 is 2.14 bits per heavy atom. The van der Waals surface area contributed by atoms with Gasteiger partial charge in [0.15, 0.2) is 0 Å². The zero-order valence-corrected chi connectivity index (χ0v) is 12.0. The van der Waals surface area contributed by atoms with Crippen LogP contribution in [0.5, 0.6) is 0 Å². The van der Waals surface area contributed by atoms with Gasteiger partial charge in [0.2, 0.25) is 0 Å². The molecule has 0 aliphatic heterocycles. The van der Waals surface area contributed by atoms with Crippen LogP contribution in [0.2, 0.25) is 0 Å². The van der Waals surface area contributed by atoms with Crippen LogP contribution in [-0.2, 0) is 12.6 Å². The Morgan fingerprint density at radius 3 is 2.71 bits per heavy atom. The van der Waals surface area contributed by atoms with Gasteiger partial charge in [-0.1, -0.05) is 0 Å². The van der Waals surface area contributed by atoms with Gasteiger partial charge in [-0.3, -0.25) is 0 Å². The van der Waals surface area contributed by atoms with Crippen LogP contribution >= 0.6 is 11.3 Å². The van der Waals surface area contributed by atoms with E-state index in [9.17, 15) is 13.2 Å². The molecule has 1 aromatic heterocycles. The fourth-order valence-corrected chi connectivity index (χ4v) is 2.54. The Morgan fingerprint density at radius 1 is 1.38 bits per heavy atom. The summed E-state index contributed by atoms with van der Waals surface area (Å²) in [6, 6.07) is 5.35. The van der Waals surface area contributed by atoms with Crippen LogP contribution < -0.4 is 4.90 Å². The third kappa shape index (κ3) is 3.73. The van der Waals surface area contributed by atoms with Crippen molar-refractivity contribution >= 4 is 17.0 Å². The Labute approximate surface area is 124 Å². The first-order valence-corrected chi connectivity index (χ1v) is 7.00. The summed E-state index contributed by atoms with van der Waals surface area (Å²) in [6.45, 7) is 0.419. The molecule has 0 spiro atoms. The van der Waals surface area contributed by atoms with Crippen molar-refractivity contribution in [2.24, 2.45) is 0 Å². The van der Waals surface area contributed by atoms with E-state index in [0.717, 1.165) is 11.1 Å². The first kappa shape index (κ1) is 15.3. The van der Waals surface area contributed by atoms with Crippen molar-refractivity contribution in [1.29, 1.82) is 5.26 Å². The highest BCUT2D eigenvalue weighted by Gasteiger charge is 2.34. The van der Waals surface area contributed by atoms with Crippen molar-refractivity contribution in [3.8, 4) is 6.07 Å². The van der Waals surface area contributed by atoms with Crippen LogP contribution in [0.4, 0.5) is 18.9 Å². The van der Waals surface area contributed by atoms with Crippen molar-refractivity contribution < 1.29 is 13.2 Å². The predicted octanol–water partition coefficient (Wildman–Crippen LogP) is 3.71. The van der Waals surface area contributed by atoms with Gasteiger partial charge < -0.3 is 4.90 Å². The highest BCUT2D eigenvalue weighted by atomic mass is 32.1. The largest absolute Gasteiger partial charge is 0.418 e. The Kier molecular flexibility index (Phi) is 4.48. The summed E-state index contributed by atoms with van der Waals surface area (Å²) in [7, 11) is 1.60. The van der Waals surface area contributed by atoms with Gasteiger partial charge in [-0.2, -0.15) is 18.4 Å². The lowest BCUT2D eigenvalue weighted by Crippen LogP contribution is -2.23. The van der Waals surface area contributed by atoms with E-state index in [1.54, 1.807) is 19.3 Å². The highest BCUT2D eigenvalue weighted by Crippen LogP contribution is 2.36. The first-order chi connectivity index (χ1) is 9.91. The molecular weight excluding hydrogens is 299 g/mol. The molecule has 1 heterocycles. The number of likely N-dealkylation sites (N-methyl/N-ethyl adjacent to an activating group) is 1. The van der Waals surface area contributed by atoms with Crippen LogP contribution in [0.15, 0.2) is 29.8 Å². The van der Waals surface area contributed by atoms with Gasteiger partial charge in [0.05, 0.1) is 22.2 Å². The molecular formula is C14H12F3N3S. The minimum absolute atomic E-state index is 0.000557. The number of nitrogens with zero attached hydrogens (tertiary/aromatic N) is 3. The van der Waals surface area contributed by atoms with E-state index < -0.39 is 11.7 Å². The van der Waals surface area contributed by atoms with Gasteiger partial charge in [0.25, 0.3) is 0 Å². The normalized spacial score (nSPS) is 11.2. The number of hydrogen-bond acceptors (Lipinski definition) is 4. The molecule has 1 aromatic carbocycles. The molecule has 0 amide bonds. The highest BCUT2D eigenvalue weighted by molar-refractivity contribution is 7.09. The molecule has 0 radical (unpaired) electrons. The maximum atomic E-state index is 13.1. The van der Waals surface area contributed by atoms with Crippen molar-refractivity contribution in [3.05, 3.63) is 45.9 Å². The molecule has 7 heteroatoms. The summed E-state index contributed by atoms with van der Waals surface area (Å²) in [6.07, 6.45) is -2.24. The zero-order chi connectivity index (χ0) is 15.5. The van der Waals surface area contributed by atoms with Crippen molar-refractivity contribution in [2.75, 3.05) is 18.5 Å². The average Bonchev–Trinajstić information content (AvgIpc) is 2.96. The summed E-state index contributed by atoms with van der Waals surface area (Å²) in [5.74, 6) is 0. The molecule has 0 saturated carbocycles. The molecule has 2 aromatic rings. The molecule has 0 atom stereocenters.